The lowest BCUT2D eigenvalue weighted by Gasteiger charge is -2.46. The Bertz CT molecular complexity index is 1260. The predicted molar refractivity (Wildman–Crippen MR) is 150 cm³/mol. The maximum Gasteiger partial charge on any atom is 0.192 e. The summed E-state index contributed by atoms with van der Waals surface area (Å²) in [6.45, 7) is 3.57. The number of aliphatic hydroxyl groups is 1. The first-order valence-corrected chi connectivity index (χ1v) is 14.6. The lowest BCUT2D eigenvalue weighted by atomic mass is 9.69. The van der Waals surface area contributed by atoms with Crippen LogP contribution in [0.5, 0.6) is 0 Å². The first-order chi connectivity index (χ1) is 18.9. The number of piperidine rings is 1. The molecule has 2 atom stereocenters. The van der Waals surface area contributed by atoms with Gasteiger partial charge < -0.3 is 30.0 Å². The molecule has 4 aliphatic rings. The number of nitrogens with zero attached hydrogens (tertiary/aromatic N) is 3. The van der Waals surface area contributed by atoms with Crippen LogP contribution in [-0.2, 0) is 16.1 Å². The van der Waals surface area contributed by atoms with E-state index in [9.17, 15) is 14.0 Å². The third-order valence-corrected chi connectivity index (χ3v) is 9.48. The van der Waals surface area contributed by atoms with Gasteiger partial charge in [0.1, 0.15) is 11.6 Å². The molecule has 2 aromatic rings. The SMILES string of the molecule is N=CC1=C(Nc2ccc(F)cc2)C=C2CCN([S+]([O-])c3ccc(N4CC(O)C4)nc3)C[C@@]2(COCC2CC2)C1. The van der Waals surface area contributed by atoms with Crippen molar-refractivity contribution >= 4 is 29.1 Å². The van der Waals surface area contributed by atoms with E-state index in [1.54, 1.807) is 18.3 Å². The van der Waals surface area contributed by atoms with Crippen molar-refractivity contribution in [2.24, 2.45) is 11.3 Å². The second kappa shape index (κ2) is 11.0. The number of anilines is 2. The molecule has 39 heavy (non-hydrogen) atoms. The van der Waals surface area contributed by atoms with Crippen molar-refractivity contribution in [2.75, 3.05) is 49.6 Å². The highest BCUT2D eigenvalue weighted by molar-refractivity contribution is 7.89. The highest BCUT2D eigenvalue weighted by atomic mass is 32.2. The molecule has 3 heterocycles. The smallest absolute Gasteiger partial charge is 0.192 e. The minimum Gasteiger partial charge on any atom is -0.593 e. The normalized spacial score (nSPS) is 24.6. The van der Waals surface area contributed by atoms with Gasteiger partial charge in [-0.15, -0.1) is 4.31 Å². The summed E-state index contributed by atoms with van der Waals surface area (Å²) >= 11 is -1.39. The molecule has 1 aromatic heterocycles. The van der Waals surface area contributed by atoms with Crippen LogP contribution in [0.2, 0.25) is 0 Å². The van der Waals surface area contributed by atoms with Gasteiger partial charge in [-0.2, -0.15) is 0 Å². The summed E-state index contributed by atoms with van der Waals surface area (Å²) in [5, 5.41) is 21.1. The van der Waals surface area contributed by atoms with E-state index >= 15 is 0 Å². The van der Waals surface area contributed by atoms with Crippen LogP contribution in [0.25, 0.3) is 0 Å². The van der Waals surface area contributed by atoms with Gasteiger partial charge in [0.15, 0.2) is 4.90 Å². The van der Waals surface area contributed by atoms with E-state index in [0.717, 1.165) is 35.8 Å². The maximum absolute atomic E-state index is 13.7. The fourth-order valence-electron chi connectivity index (χ4n) is 5.57. The number of allylic oxidation sites excluding steroid dienone is 2. The molecule has 0 bridgehead atoms. The molecule has 0 radical (unpaired) electrons. The molecule has 3 N–H and O–H groups in total. The van der Waals surface area contributed by atoms with Crippen molar-refractivity contribution < 1.29 is 18.8 Å². The van der Waals surface area contributed by atoms with Gasteiger partial charge in [-0.3, -0.25) is 0 Å². The van der Waals surface area contributed by atoms with E-state index in [-0.39, 0.29) is 17.3 Å². The van der Waals surface area contributed by atoms with E-state index in [4.69, 9.17) is 10.1 Å². The Morgan fingerprint density at radius 1 is 1.23 bits per heavy atom. The number of hydrogen-bond acceptors (Lipinski definition) is 8. The molecular formula is C29H34FN5O3S. The van der Waals surface area contributed by atoms with Gasteiger partial charge in [0.25, 0.3) is 0 Å². The Labute approximate surface area is 231 Å². The summed E-state index contributed by atoms with van der Waals surface area (Å²) in [4.78, 5) is 7.14. The number of hydrogen-bond donors (Lipinski definition) is 3. The molecule has 0 spiro atoms. The van der Waals surface area contributed by atoms with Gasteiger partial charge in [-0.25, -0.2) is 9.37 Å². The first kappa shape index (κ1) is 26.5. The molecule has 1 aromatic carbocycles. The van der Waals surface area contributed by atoms with Crippen LogP contribution in [-0.4, -0.2) is 70.7 Å². The highest BCUT2D eigenvalue weighted by Crippen LogP contribution is 2.46. The molecule has 2 aliphatic heterocycles. The summed E-state index contributed by atoms with van der Waals surface area (Å²) in [5.41, 5.74) is 3.29. The van der Waals surface area contributed by atoms with Crippen LogP contribution in [0.1, 0.15) is 25.7 Å². The molecule has 1 unspecified atom stereocenters. The molecule has 8 nitrogen and oxygen atoms in total. The van der Waals surface area contributed by atoms with Crippen LogP contribution in [0.15, 0.2) is 70.4 Å². The highest BCUT2D eigenvalue weighted by Gasteiger charge is 2.46. The van der Waals surface area contributed by atoms with Gasteiger partial charge in [0, 0.05) is 55.3 Å². The second-order valence-corrected chi connectivity index (χ2v) is 12.6. The summed E-state index contributed by atoms with van der Waals surface area (Å²) in [5.74, 6) is 1.13. The molecule has 6 rings (SSSR count). The zero-order valence-corrected chi connectivity index (χ0v) is 22.6. The minimum atomic E-state index is -1.39. The monoisotopic (exact) mass is 551 g/mol. The third-order valence-electron chi connectivity index (χ3n) is 8.05. The lowest BCUT2D eigenvalue weighted by molar-refractivity contribution is 0.0357. The molecule has 1 saturated carbocycles. The van der Waals surface area contributed by atoms with Crippen molar-refractivity contribution in [2.45, 2.75) is 36.7 Å². The van der Waals surface area contributed by atoms with Crippen molar-refractivity contribution in [3.8, 4) is 0 Å². The van der Waals surface area contributed by atoms with E-state index in [2.05, 4.69) is 16.4 Å². The van der Waals surface area contributed by atoms with Crippen LogP contribution in [0, 0.1) is 22.6 Å². The van der Waals surface area contributed by atoms with Gasteiger partial charge in [0.05, 0.1) is 36.8 Å². The van der Waals surface area contributed by atoms with Gasteiger partial charge >= 0.3 is 0 Å². The molecule has 206 valence electrons. The van der Waals surface area contributed by atoms with Crippen LogP contribution < -0.4 is 10.2 Å². The zero-order chi connectivity index (χ0) is 27.0. The molecule has 2 saturated heterocycles. The van der Waals surface area contributed by atoms with E-state index in [1.165, 1.54) is 36.8 Å². The average molecular weight is 552 g/mol. The summed E-state index contributed by atoms with van der Waals surface area (Å²) in [7, 11) is 0. The number of ether oxygens (including phenoxy) is 1. The van der Waals surface area contributed by atoms with E-state index in [1.807, 2.05) is 21.3 Å². The molecule has 0 amide bonds. The number of fused-ring (bicyclic) bond motifs is 1. The number of aliphatic hydroxyl groups excluding tert-OH is 1. The summed E-state index contributed by atoms with van der Waals surface area (Å²) in [6, 6.07) is 9.95. The third kappa shape index (κ3) is 5.76. The Morgan fingerprint density at radius 2 is 2.03 bits per heavy atom. The summed E-state index contributed by atoms with van der Waals surface area (Å²) < 4.78 is 35.4. The minimum absolute atomic E-state index is 0.291. The number of nitrogens with one attached hydrogen (secondary N) is 2. The Balaban J connectivity index is 1.21. The van der Waals surface area contributed by atoms with Crippen molar-refractivity contribution in [3.05, 3.63) is 71.3 Å². The standard InChI is InChI=1S/C29H34FN5O3S/c30-23-3-5-24(6-4-23)33-27-11-22-9-10-35(18-29(22,12-21(27)13-31)19-38-17-20-1-2-20)39(37)26-7-8-28(32-14-26)34-15-25(36)16-34/h3-8,11,13-14,20,25,31,33,36H,1-2,9-10,12,15-19H2/t29-,39?/m1/s1. The van der Waals surface area contributed by atoms with Crippen molar-refractivity contribution in [3.63, 3.8) is 0 Å². The maximum atomic E-state index is 13.7. The second-order valence-electron chi connectivity index (χ2n) is 11.1. The lowest BCUT2D eigenvalue weighted by Crippen LogP contribution is -2.51. The Morgan fingerprint density at radius 3 is 2.69 bits per heavy atom. The summed E-state index contributed by atoms with van der Waals surface area (Å²) in [6.07, 6.45) is 8.61. The van der Waals surface area contributed by atoms with E-state index in [0.29, 0.717) is 50.0 Å². The number of aromatic nitrogens is 1. The van der Waals surface area contributed by atoms with Crippen LogP contribution in [0.3, 0.4) is 0 Å². The molecular weight excluding hydrogens is 517 g/mol. The molecule has 2 aliphatic carbocycles. The Kier molecular flexibility index (Phi) is 7.47. The number of rotatable bonds is 10. The fraction of sp³-hybridized carbons (Fsp3) is 0.448. The topological polar surface area (TPSA) is 108 Å². The quantitative estimate of drug-likeness (QED) is 0.304. The predicted octanol–water partition coefficient (Wildman–Crippen LogP) is 3.89. The van der Waals surface area contributed by atoms with Crippen molar-refractivity contribution in [1.29, 1.82) is 5.41 Å². The number of halogens is 1. The Hall–Kier alpha value is -2.76. The molecule has 10 heteroatoms. The number of β-amino-alcohol motifs (C(OH)–C–C–N with tert-alkyl or cyclic N) is 1. The van der Waals surface area contributed by atoms with Gasteiger partial charge in [-0.1, -0.05) is 5.57 Å². The van der Waals surface area contributed by atoms with Crippen molar-refractivity contribution in [1.82, 2.24) is 9.29 Å². The fourth-order valence-corrected chi connectivity index (χ4v) is 6.82. The first-order valence-electron chi connectivity index (χ1n) is 13.5. The largest absolute Gasteiger partial charge is 0.593 e. The molecule has 3 fully saturated rings. The van der Waals surface area contributed by atoms with Crippen LogP contribution >= 0.6 is 0 Å². The zero-order valence-electron chi connectivity index (χ0n) is 21.8. The van der Waals surface area contributed by atoms with Gasteiger partial charge in [-0.05, 0) is 73.6 Å². The number of benzene rings is 1. The van der Waals surface area contributed by atoms with Crippen LogP contribution in [0.4, 0.5) is 15.9 Å². The number of pyridine rings is 1. The van der Waals surface area contributed by atoms with Gasteiger partial charge in [0.2, 0.25) is 0 Å². The van der Waals surface area contributed by atoms with E-state index < -0.39 is 11.4 Å². The average Bonchev–Trinajstić information content (AvgIpc) is 3.76.